The Labute approximate surface area is 132 Å². The quantitative estimate of drug-likeness (QED) is 0.806. The first kappa shape index (κ1) is 18.3. The van der Waals surface area contributed by atoms with Crippen molar-refractivity contribution in [3.8, 4) is 5.75 Å². The standard InChI is InChI=1S/C14H20F2N2O3S/c1-5-7(2)17-12(19)9(4)18-13(20)11-10(21-14(15)16)6-8(3)22-11/h6-7,9,14H,5H2,1-4H3,(H,17,19)(H,18,20). The SMILES string of the molecule is CCC(C)NC(=O)C(C)NC(=O)c1sc(C)cc1OC(F)F. The number of hydrogen-bond acceptors (Lipinski definition) is 4. The zero-order valence-corrected chi connectivity index (χ0v) is 13.7. The van der Waals surface area contributed by atoms with Gasteiger partial charge in [-0.05, 0) is 33.3 Å². The Morgan fingerprint density at radius 2 is 1.95 bits per heavy atom. The number of hydrogen-bond donors (Lipinski definition) is 2. The third kappa shape index (κ3) is 5.25. The average Bonchev–Trinajstić information content (AvgIpc) is 2.78. The van der Waals surface area contributed by atoms with Crippen molar-refractivity contribution in [3.63, 3.8) is 0 Å². The molecule has 0 aliphatic carbocycles. The van der Waals surface area contributed by atoms with E-state index in [4.69, 9.17) is 0 Å². The van der Waals surface area contributed by atoms with Gasteiger partial charge in [-0.15, -0.1) is 11.3 Å². The summed E-state index contributed by atoms with van der Waals surface area (Å²) < 4.78 is 29.0. The highest BCUT2D eigenvalue weighted by Crippen LogP contribution is 2.30. The van der Waals surface area contributed by atoms with Crippen molar-refractivity contribution in [3.05, 3.63) is 15.8 Å². The molecule has 0 saturated heterocycles. The van der Waals surface area contributed by atoms with E-state index in [1.165, 1.54) is 13.0 Å². The number of carbonyl (C=O) groups is 2. The van der Waals surface area contributed by atoms with Gasteiger partial charge in [0.15, 0.2) is 0 Å². The molecule has 1 aromatic rings. The molecule has 0 aliphatic heterocycles. The molecular formula is C14H20F2N2O3S. The van der Waals surface area contributed by atoms with Crippen LogP contribution in [0.1, 0.15) is 41.7 Å². The fourth-order valence-electron chi connectivity index (χ4n) is 1.63. The van der Waals surface area contributed by atoms with Crippen molar-refractivity contribution in [2.24, 2.45) is 0 Å². The summed E-state index contributed by atoms with van der Waals surface area (Å²) in [4.78, 5) is 24.7. The van der Waals surface area contributed by atoms with E-state index in [0.29, 0.717) is 4.88 Å². The summed E-state index contributed by atoms with van der Waals surface area (Å²) in [7, 11) is 0. The lowest BCUT2D eigenvalue weighted by Crippen LogP contribution is -2.47. The molecule has 0 saturated carbocycles. The number of thiophene rings is 1. The molecule has 124 valence electrons. The second kappa shape index (κ2) is 8.07. The molecule has 2 unspecified atom stereocenters. The summed E-state index contributed by atoms with van der Waals surface area (Å²) in [6.07, 6.45) is 0.767. The van der Waals surface area contributed by atoms with Gasteiger partial charge >= 0.3 is 6.61 Å². The minimum atomic E-state index is -3.01. The molecular weight excluding hydrogens is 314 g/mol. The molecule has 0 radical (unpaired) electrons. The second-order valence-electron chi connectivity index (χ2n) is 4.94. The summed E-state index contributed by atoms with van der Waals surface area (Å²) in [6, 6.07) is 0.590. The average molecular weight is 334 g/mol. The number of aryl methyl sites for hydroxylation is 1. The van der Waals surface area contributed by atoms with E-state index >= 15 is 0 Å². The van der Waals surface area contributed by atoms with Crippen LogP contribution in [0.3, 0.4) is 0 Å². The highest BCUT2D eigenvalue weighted by molar-refractivity contribution is 7.14. The Bertz CT molecular complexity index is 534. The molecule has 8 heteroatoms. The molecule has 0 bridgehead atoms. The number of carbonyl (C=O) groups excluding carboxylic acids is 2. The molecule has 2 N–H and O–H groups in total. The third-order valence-corrected chi connectivity index (χ3v) is 4.02. The molecule has 0 aromatic carbocycles. The maximum Gasteiger partial charge on any atom is 0.387 e. The molecule has 1 rings (SSSR count). The monoisotopic (exact) mass is 334 g/mol. The molecule has 22 heavy (non-hydrogen) atoms. The summed E-state index contributed by atoms with van der Waals surface area (Å²) in [5, 5.41) is 5.22. The molecule has 5 nitrogen and oxygen atoms in total. The molecule has 2 amide bonds. The second-order valence-corrected chi connectivity index (χ2v) is 6.20. The van der Waals surface area contributed by atoms with Crippen molar-refractivity contribution in [2.75, 3.05) is 0 Å². The molecule has 1 heterocycles. The fourth-order valence-corrected chi connectivity index (χ4v) is 2.48. The van der Waals surface area contributed by atoms with Crippen LogP contribution in [0.5, 0.6) is 5.75 Å². The highest BCUT2D eigenvalue weighted by atomic mass is 32.1. The van der Waals surface area contributed by atoms with Gasteiger partial charge in [-0.1, -0.05) is 6.92 Å². The van der Waals surface area contributed by atoms with Crippen molar-refractivity contribution in [1.82, 2.24) is 10.6 Å². The summed E-state index contributed by atoms with van der Waals surface area (Å²) in [5.74, 6) is -1.11. The number of ether oxygens (including phenoxy) is 1. The van der Waals surface area contributed by atoms with E-state index in [0.717, 1.165) is 17.8 Å². The lowest BCUT2D eigenvalue weighted by molar-refractivity contribution is -0.123. The van der Waals surface area contributed by atoms with E-state index in [9.17, 15) is 18.4 Å². The van der Waals surface area contributed by atoms with E-state index in [1.54, 1.807) is 6.92 Å². The highest BCUT2D eigenvalue weighted by Gasteiger charge is 2.23. The van der Waals surface area contributed by atoms with Crippen molar-refractivity contribution >= 4 is 23.2 Å². The first-order valence-electron chi connectivity index (χ1n) is 6.91. The van der Waals surface area contributed by atoms with Gasteiger partial charge in [0, 0.05) is 10.9 Å². The van der Waals surface area contributed by atoms with E-state index in [2.05, 4.69) is 15.4 Å². The van der Waals surface area contributed by atoms with Crippen LogP contribution in [0.4, 0.5) is 8.78 Å². The predicted octanol–water partition coefficient (Wildman–Crippen LogP) is 2.69. The molecule has 0 fully saturated rings. The third-order valence-electron chi connectivity index (χ3n) is 2.99. The van der Waals surface area contributed by atoms with E-state index in [-0.39, 0.29) is 22.6 Å². The molecule has 2 atom stereocenters. The largest absolute Gasteiger partial charge is 0.433 e. The molecule has 1 aromatic heterocycles. The van der Waals surface area contributed by atoms with Gasteiger partial charge in [0.1, 0.15) is 16.7 Å². The van der Waals surface area contributed by atoms with Crippen LogP contribution < -0.4 is 15.4 Å². The Balaban J connectivity index is 2.74. The van der Waals surface area contributed by atoms with Crippen molar-refractivity contribution < 1.29 is 23.1 Å². The number of amides is 2. The first-order valence-corrected chi connectivity index (χ1v) is 7.72. The number of rotatable bonds is 7. The van der Waals surface area contributed by atoms with Gasteiger partial charge in [-0.3, -0.25) is 9.59 Å². The van der Waals surface area contributed by atoms with Crippen LogP contribution >= 0.6 is 11.3 Å². The predicted molar refractivity (Wildman–Crippen MR) is 80.5 cm³/mol. The maximum absolute atomic E-state index is 12.3. The van der Waals surface area contributed by atoms with Gasteiger partial charge in [-0.25, -0.2) is 0 Å². The number of halogens is 2. The van der Waals surface area contributed by atoms with Crippen molar-refractivity contribution in [1.29, 1.82) is 0 Å². The van der Waals surface area contributed by atoms with E-state index in [1.807, 2.05) is 13.8 Å². The zero-order chi connectivity index (χ0) is 16.9. The Morgan fingerprint density at radius 1 is 1.32 bits per heavy atom. The van der Waals surface area contributed by atoms with Crippen LogP contribution in [0.15, 0.2) is 6.07 Å². The van der Waals surface area contributed by atoms with Gasteiger partial charge in [-0.2, -0.15) is 8.78 Å². The van der Waals surface area contributed by atoms with Crippen LogP contribution in [0.25, 0.3) is 0 Å². The van der Waals surface area contributed by atoms with Gasteiger partial charge < -0.3 is 15.4 Å². The summed E-state index contributed by atoms with van der Waals surface area (Å²) in [6.45, 7) is 3.98. The minimum Gasteiger partial charge on any atom is -0.433 e. The smallest absolute Gasteiger partial charge is 0.387 e. The van der Waals surface area contributed by atoms with Crippen LogP contribution in [-0.4, -0.2) is 30.5 Å². The minimum absolute atomic E-state index is 0.00596. The normalized spacial score (nSPS) is 13.6. The van der Waals surface area contributed by atoms with Gasteiger partial charge in [0.2, 0.25) is 5.91 Å². The lowest BCUT2D eigenvalue weighted by atomic mass is 10.2. The van der Waals surface area contributed by atoms with E-state index < -0.39 is 18.6 Å². The van der Waals surface area contributed by atoms with Crippen LogP contribution in [0, 0.1) is 6.92 Å². The summed E-state index contributed by atoms with van der Waals surface area (Å²) >= 11 is 1.03. The number of alkyl halides is 2. The Kier molecular flexibility index (Phi) is 6.73. The summed E-state index contributed by atoms with van der Waals surface area (Å²) in [5.41, 5.74) is 0. The fraction of sp³-hybridized carbons (Fsp3) is 0.571. The van der Waals surface area contributed by atoms with Crippen molar-refractivity contribution in [2.45, 2.75) is 52.8 Å². The Hall–Kier alpha value is -1.70. The first-order chi connectivity index (χ1) is 10.2. The van der Waals surface area contributed by atoms with Crippen LogP contribution in [-0.2, 0) is 4.79 Å². The topological polar surface area (TPSA) is 67.4 Å². The lowest BCUT2D eigenvalue weighted by Gasteiger charge is -2.17. The Morgan fingerprint density at radius 3 is 2.50 bits per heavy atom. The molecule has 0 aliphatic rings. The van der Waals surface area contributed by atoms with Crippen LogP contribution in [0.2, 0.25) is 0 Å². The molecule has 0 spiro atoms. The maximum atomic E-state index is 12.3. The number of nitrogens with one attached hydrogen (secondary N) is 2. The van der Waals surface area contributed by atoms with Gasteiger partial charge in [0.05, 0.1) is 0 Å². The zero-order valence-electron chi connectivity index (χ0n) is 12.9. The van der Waals surface area contributed by atoms with Gasteiger partial charge in [0.25, 0.3) is 5.91 Å².